The Morgan fingerprint density at radius 1 is 1.53 bits per heavy atom. The number of esters is 1. The Hall–Kier alpha value is -2.30. The third-order valence-electron chi connectivity index (χ3n) is 2.27. The summed E-state index contributed by atoms with van der Waals surface area (Å²) in [6, 6.07) is 7.22. The van der Waals surface area contributed by atoms with Crippen molar-refractivity contribution in [2.75, 3.05) is 12.3 Å². The summed E-state index contributed by atoms with van der Waals surface area (Å²) in [5, 5.41) is 0. The molecule has 0 atom stereocenters. The highest BCUT2D eigenvalue weighted by Gasteiger charge is 2.13. The normalized spacial score (nSPS) is 10.2. The monoisotopic (exact) mass is 231 g/mol. The molecule has 0 radical (unpaired) electrons. The number of hydrogen-bond donors (Lipinski definition) is 1. The molecule has 0 aliphatic rings. The van der Waals surface area contributed by atoms with Gasteiger partial charge in [-0.25, -0.2) is 9.78 Å². The number of nitrogen functional groups attached to an aromatic ring is 1. The van der Waals surface area contributed by atoms with Gasteiger partial charge in [0.2, 0.25) is 0 Å². The molecule has 0 saturated heterocycles. The quantitative estimate of drug-likeness (QED) is 0.643. The molecule has 17 heavy (non-hydrogen) atoms. The Kier molecular flexibility index (Phi) is 3.09. The molecule has 1 aromatic carbocycles. The molecule has 2 rings (SSSR count). The molecule has 0 unspecified atom stereocenters. The molecule has 1 heterocycles. The molecule has 0 saturated carbocycles. The summed E-state index contributed by atoms with van der Waals surface area (Å²) >= 11 is 0. The molecule has 0 bridgehead atoms. The van der Waals surface area contributed by atoms with Gasteiger partial charge < -0.3 is 10.5 Å². The predicted octanol–water partition coefficient (Wildman–Crippen LogP) is 1.63. The molecule has 5 nitrogen and oxygen atoms in total. The molecule has 0 aliphatic carbocycles. The summed E-state index contributed by atoms with van der Waals surface area (Å²) in [5.41, 5.74) is 7.50. The van der Waals surface area contributed by atoms with Gasteiger partial charge >= 0.3 is 5.97 Å². The van der Waals surface area contributed by atoms with E-state index in [0.29, 0.717) is 18.0 Å². The lowest BCUT2D eigenvalue weighted by Crippen LogP contribution is -2.10. The molecular formula is C12H13N3O2. The van der Waals surface area contributed by atoms with Gasteiger partial charge in [0.1, 0.15) is 0 Å². The zero-order valence-corrected chi connectivity index (χ0v) is 9.46. The highest BCUT2D eigenvalue weighted by Crippen LogP contribution is 2.15. The Labute approximate surface area is 98.8 Å². The van der Waals surface area contributed by atoms with E-state index in [-0.39, 0.29) is 0 Å². The second kappa shape index (κ2) is 4.69. The molecule has 0 amide bonds. The Balaban J connectivity index is 2.40. The van der Waals surface area contributed by atoms with Gasteiger partial charge in [-0.3, -0.25) is 4.57 Å². The van der Waals surface area contributed by atoms with E-state index >= 15 is 0 Å². The van der Waals surface area contributed by atoms with Crippen molar-refractivity contribution in [2.24, 2.45) is 0 Å². The van der Waals surface area contributed by atoms with Crippen LogP contribution in [-0.4, -0.2) is 22.1 Å². The maximum absolute atomic E-state index is 11.7. The summed E-state index contributed by atoms with van der Waals surface area (Å²) < 4.78 is 6.59. The molecule has 1 aromatic heterocycles. The lowest BCUT2D eigenvalue weighted by atomic mass is 10.2. The number of benzene rings is 1. The number of aromatic nitrogens is 2. The van der Waals surface area contributed by atoms with Crippen molar-refractivity contribution < 1.29 is 9.53 Å². The average molecular weight is 231 g/mol. The second-order valence-electron chi connectivity index (χ2n) is 3.46. The van der Waals surface area contributed by atoms with Gasteiger partial charge in [0.05, 0.1) is 19.1 Å². The van der Waals surface area contributed by atoms with Gasteiger partial charge in [-0.05, 0) is 25.1 Å². The van der Waals surface area contributed by atoms with Crippen molar-refractivity contribution in [3.8, 4) is 5.69 Å². The molecular weight excluding hydrogens is 218 g/mol. The Morgan fingerprint density at radius 2 is 2.35 bits per heavy atom. The van der Waals surface area contributed by atoms with Gasteiger partial charge in [0, 0.05) is 11.4 Å². The van der Waals surface area contributed by atoms with Crippen LogP contribution in [-0.2, 0) is 4.74 Å². The minimum Gasteiger partial charge on any atom is -0.461 e. The molecule has 5 heteroatoms. The SMILES string of the molecule is CCOC(=O)c1cncn1-c1cccc(N)c1. The summed E-state index contributed by atoms with van der Waals surface area (Å²) in [7, 11) is 0. The van der Waals surface area contributed by atoms with Crippen LogP contribution in [0.1, 0.15) is 17.4 Å². The molecule has 2 aromatic rings. The smallest absolute Gasteiger partial charge is 0.356 e. The van der Waals surface area contributed by atoms with E-state index in [1.807, 2.05) is 12.1 Å². The van der Waals surface area contributed by atoms with Crippen LogP contribution in [0.15, 0.2) is 36.8 Å². The summed E-state index contributed by atoms with van der Waals surface area (Å²) in [6.45, 7) is 2.10. The highest BCUT2D eigenvalue weighted by atomic mass is 16.5. The largest absolute Gasteiger partial charge is 0.461 e. The van der Waals surface area contributed by atoms with Gasteiger partial charge in [0.15, 0.2) is 5.69 Å². The number of carbonyl (C=O) groups excluding carboxylic acids is 1. The first-order valence-corrected chi connectivity index (χ1v) is 5.27. The highest BCUT2D eigenvalue weighted by molar-refractivity contribution is 5.88. The van der Waals surface area contributed by atoms with Crippen LogP contribution in [0.3, 0.4) is 0 Å². The molecule has 88 valence electrons. The van der Waals surface area contributed by atoms with Crippen molar-refractivity contribution in [3.05, 3.63) is 42.5 Å². The first-order valence-electron chi connectivity index (χ1n) is 5.27. The Bertz CT molecular complexity index is 534. The molecule has 2 N–H and O–H groups in total. The van der Waals surface area contributed by atoms with E-state index in [1.54, 1.807) is 30.0 Å². The predicted molar refractivity (Wildman–Crippen MR) is 63.9 cm³/mol. The van der Waals surface area contributed by atoms with Crippen molar-refractivity contribution in [2.45, 2.75) is 6.92 Å². The summed E-state index contributed by atoms with van der Waals surface area (Å²) in [6.07, 6.45) is 3.03. The third-order valence-corrected chi connectivity index (χ3v) is 2.27. The number of anilines is 1. The van der Waals surface area contributed by atoms with E-state index in [0.717, 1.165) is 5.69 Å². The summed E-state index contributed by atoms with van der Waals surface area (Å²) in [4.78, 5) is 15.6. The third kappa shape index (κ3) is 2.28. The van der Waals surface area contributed by atoms with Gasteiger partial charge in [-0.2, -0.15) is 0 Å². The van der Waals surface area contributed by atoms with Crippen LogP contribution in [0.2, 0.25) is 0 Å². The Morgan fingerprint density at radius 3 is 3.06 bits per heavy atom. The van der Waals surface area contributed by atoms with Crippen LogP contribution in [0, 0.1) is 0 Å². The first-order chi connectivity index (χ1) is 8.22. The molecule has 0 aliphatic heterocycles. The number of ether oxygens (including phenoxy) is 1. The van der Waals surface area contributed by atoms with E-state index in [9.17, 15) is 4.79 Å². The van der Waals surface area contributed by atoms with E-state index < -0.39 is 5.97 Å². The standard InChI is InChI=1S/C12H13N3O2/c1-2-17-12(16)11-7-14-8-15(11)10-5-3-4-9(13)6-10/h3-8H,2,13H2,1H3. The van der Waals surface area contributed by atoms with E-state index in [4.69, 9.17) is 10.5 Å². The van der Waals surface area contributed by atoms with Crippen molar-refractivity contribution in [1.29, 1.82) is 0 Å². The number of nitrogens with zero attached hydrogens (tertiary/aromatic N) is 2. The summed E-state index contributed by atoms with van der Waals surface area (Å²) in [5.74, 6) is -0.396. The minimum atomic E-state index is -0.396. The topological polar surface area (TPSA) is 70.1 Å². The van der Waals surface area contributed by atoms with Crippen LogP contribution in [0.5, 0.6) is 0 Å². The average Bonchev–Trinajstić information content (AvgIpc) is 2.78. The minimum absolute atomic E-state index is 0.334. The number of nitrogens with two attached hydrogens (primary N) is 1. The lowest BCUT2D eigenvalue weighted by Gasteiger charge is -2.07. The number of rotatable bonds is 3. The lowest BCUT2D eigenvalue weighted by molar-refractivity contribution is 0.0517. The number of imidazole rings is 1. The van der Waals surface area contributed by atoms with Crippen LogP contribution in [0.4, 0.5) is 5.69 Å². The maximum Gasteiger partial charge on any atom is 0.356 e. The fourth-order valence-electron chi connectivity index (χ4n) is 1.53. The number of hydrogen-bond acceptors (Lipinski definition) is 4. The van der Waals surface area contributed by atoms with Gasteiger partial charge in [0.25, 0.3) is 0 Å². The van der Waals surface area contributed by atoms with E-state index in [1.165, 1.54) is 6.20 Å². The van der Waals surface area contributed by atoms with Gasteiger partial charge in [-0.1, -0.05) is 6.07 Å². The van der Waals surface area contributed by atoms with E-state index in [2.05, 4.69) is 4.98 Å². The van der Waals surface area contributed by atoms with Crippen LogP contribution >= 0.6 is 0 Å². The molecule has 0 spiro atoms. The zero-order valence-electron chi connectivity index (χ0n) is 9.46. The second-order valence-corrected chi connectivity index (χ2v) is 3.46. The van der Waals surface area contributed by atoms with Gasteiger partial charge in [-0.15, -0.1) is 0 Å². The fraction of sp³-hybridized carbons (Fsp3) is 0.167. The van der Waals surface area contributed by atoms with Crippen molar-refractivity contribution >= 4 is 11.7 Å². The molecule has 0 fully saturated rings. The number of carbonyl (C=O) groups is 1. The zero-order chi connectivity index (χ0) is 12.3. The first kappa shape index (κ1) is 11.2. The van der Waals surface area contributed by atoms with Crippen molar-refractivity contribution in [1.82, 2.24) is 9.55 Å². The maximum atomic E-state index is 11.7. The fourth-order valence-corrected chi connectivity index (χ4v) is 1.53. The van der Waals surface area contributed by atoms with Crippen LogP contribution in [0.25, 0.3) is 5.69 Å². The van der Waals surface area contributed by atoms with Crippen molar-refractivity contribution in [3.63, 3.8) is 0 Å². The van der Waals surface area contributed by atoms with Crippen LogP contribution < -0.4 is 5.73 Å².